The number of nitrogens with zero attached hydrogens (tertiary/aromatic N) is 2. The Morgan fingerprint density at radius 3 is 2.27 bits per heavy atom. The summed E-state index contributed by atoms with van der Waals surface area (Å²) in [5.74, 6) is 0. The van der Waals surface area contributed by atoms with Crippen LogP contribution in [0.2, 0.25) is 0 Å². The van der Waals surface area contributed by atoms with E-state index in [0.29, 0.717) is 32.5 Å². The van der Waals surface area contributed by atoms with Crippen molar-refractivity contribution in [3.8, 4) is 0 Å². The quantitative estimate of drug-likeness (QED) is 0.766. The van der Waals surface area contributed by atoms with E-state index < -0.39 is 23.4 Å². The number of amides is 1. The van der Waals surface area contributed by atoms with Gasteiger partial charge in [-0.05, 0) is 54.4 Å². The van der Waals surface area contributed by atoms with Gasteiger partial charge in [0, 0.05) is 31.7 Å². The number of hydrogen-bond donors (Lipinski definition) is 2. The summed E-state index contributed by atoms with van der Waals surface area (Å²) >= 11 is 0. The van der Waals surface area contributed by atoms with E-state index in [2.05, 4.69) is 25.7 Å². The first-order chi connectivity index (χ1) is 11.9. The number of hydrogen-bond acceptors (Lipinski definition) is 6. The number of aliphatic hydroxyl groups excluding tert-OH is 2. The van der Waals surface area contributed by atoms with Crippen molar-refractivity contribution in [2.75, 3.05) is 32.8 Å². The first kappa shape index (κ1) is 21.4. The van der Waals surface area contributed by atoms with Crippen LogP contribution in [0.25, 0.3) is 0 Å². The lowest BCUT2D eigenvalue weighted by atomic mass is 9.86. The molecule has 152 valence electrons. The molecule has 0 bridgehead atoms. The summed E-state index contributed by atoms with van der Waals surface area (Å²) in [5, 5.41) is 19.5. The third kappa shape index (κ3) is 5.31. The summed E-state index contributed by atoms with van der Waals surface area (Å²) in [7, 11) is 0. The second-order valence-corrected chi connectivity index (χ2v) is 9.61. The molecule has 0 radical (unpaired) electrons. The monoisotopic (exact) mass is 372 g/mol. The Kier molecular flexibility index (Phi) is 6.27. The summed E-state index contributed by atoms with van der Waals surface area (Å²) < 4.78 is 11.8. The zero-order chi connectivity index (χ0) is 19.8. The Balaban J connectivity index is 2.07. The van der Waals surface area contributed by atoms with Crippen LogP contribution in [0.3, 0.4) is 0 Å². The van der Waals surface area contributed by atoms with Crippen molar-refractivity contribution >= 4 is 6.09 Å². The molecule has 1 spiro atoms. The molecule has 0 saturated carbocycles. The molecule has 0 aromatic carbocycles. The number of piperidine rings is 1. The molecule has 7 nitrogen and oxygen atoms in total. The number of carbonyl (C=O) groups excluding carboxylic acids is 1. The average Bonchev–Trinajstić information content (AvgIpc) is 2.51. The Morgan fingerprint density at radius 1 is 1.23 bits per heavy atom. The zero-order valence-corrected chi connectivity index (χ0v) is 17.1. The molecule has 7 heteroatoms. The maximum Gasteiger partial charge on any atom is 0.410 e. The zero-order valence-electron chi connectivity index (χ0n) is 17.1. The van der Waals surface area contributed by atoms with Crippen molar-refractivity contribution in [2.24, 2.45) is 0 Å². The average molecular weight is 373 g/mol. The molecule has 2 saturated heterocycles. The first-order valence-corrected chi connectivity index (χ1v) is 9.55. The molecule has 0 aliphatic carbocycles. The lowest BCUT2D eigenvalue weighted by Gasteiger charge is -2.53. The van der Waals surface area contributed by atoms with Gasteiger partial charge >= 0.3 is 6.09 Å². The van der Waals surface area contributed by atoms with Crippen LogP contribution in [0.1, 0.15) is 54.4 Å². The van der Waals surface area contributed by atoms with Crippen LogP contribution >= 0.6 is 0 Å². The fourth-order valence-corrected chi connectivity index (χ4v) is 3.55. The molecule has 2 atom stereocenters. The molecule has 2 unspecified atom stereocenters. The highest BCUT2D eigenvalue weighted by Crippen LogP contribution is 2.36. The van der Waals surface area contributed by atoms with Crippen molar-refractivity contribution in [3.05, 3.63) is 0 Å². The predicted octanol–water partition coefficient (Wildman–Crippen LogP) is 1.61. The van der Waals surface area contributed by atoms with Gasteiger partial charge in [0.15, 0.2) is 0 Å². The Bertz CT molecular complexity index is 489. The van der Waals surface area contributed by atoms with Gasteiger partial charge in [-0.2, -0.15) is 0 Å². The lowest BCUT2D eigenvalue weighted by molar-refractivity contribution is -0.216. The number of carbonyl (C=O) groups is 1. The largest absolute Gasteiger partial charge is 0.444 e. The molecule has 2 aliphatic heterocycles. The minimum atomic E-state index is -0.902. The van der Waals surface area contributed by atoms with Crippen LogP contribution in [0, 0.1) is 0 Å². The van der Waals surface area contributed by atoms with Crippen molar-refractivity contribution in [1.82, 2.24) is 9.80 Å². The van der Waals surface area contributed by atoms with Crippen molar-refractivity contribution in [3.63, 3.8) is 0 Å². The Labute approximate surface area is 157 Å². The Morgan fingerprint density at radius 2 is 1.81 bits per heavy atom. The van der Waals surface area contributed by atoms with Gasteiger partial charge in [-0.3, -0.25) is 4.90 Å². The number of rotatable bonds is 2. The smallest absolute Gasteiger partial charge is 0.410 e. The molecule has 2 fully saturated rings. The summed E-state index contributed by atoms with van der Waals surface area (Å²) in [5.41, 5.74) is -0.982. The molecule has 2 N–H and O–H groups in total. The molecule has 2 aliphatic rings. The van der Waals surface area contributed by atoms with Gasteiger partial charge < -0.3 is 24.6 Å². The van der Waals surface area contributed by atoms with E-state index in [1.54, 1.807) is 4.90 Å². The third-order valence-corrected chi connectivity index (χ3v) is 5.17. The van der Waals surface area contributed by atoms with Crippen molar-refractivity contribution < 1.29 is 24.5 Å². The highest BCUT2D eigenvalue weighted by molar-refractivity contribution is 5.68. The third-order valence-electron chi connectivity index (χ3n) is 5.17. The number of likely N-dealkylation sites (tertiary alicyclic amines) is 1. The predicted molar refractivity (Wildman–Crippen MR) is 99.1 cm³/mol. The standard InChI is InChI=1S/C19H36N2O5/c1-17(2,3)21-11-15(14(23)12-22)25-19(13-21)7-9-20(10-8-19)16(24)26-18(4,5)6/h14-15,22-23H,7-13H2,1-6H3. The maximum atomic E-state index is 12.3. The second-order valence-electron chi connectivity index (χ2n) is 9.61. The molecule has 2 heterocycles. The molecular weight excluding hydrogens is 336 g/mol. The van der Waals surface area contributed by atoms with E-state index in [-0.39, 0.29) is 18.2 Å². The topological polar surface area (TPSA) is 82.5 Å². The fourth-order valence-electron chi connectivity index (χ4n) is 3.55. The van der Waals surface area contributed by atoms with E-state index in [4.69, 9.17) is 9.47 Å². The minimum absolute atomic E-state index is 0.0630. The van der Waals surface area contributed by atoms with Crippen molar-refractivity contribution in [2.45, 2.75) is 83.3 Å². The number of ether oxygens (including phenoxy) is 2. The van der Waals surface area contributed by atoms with E-state index in [1.807, 2.05) is 20.8 Å². The van der Waals surface area contributed by atoms with Crippen LogP contribution in [0.4, 0.5) is 4.79 Å². The maximum absolute atomic E-state index is 12.3. The van der Waals surface area contributed by atoms with Gasteiger partial charge in [0.05, 0.1) is 18.3 Å². The molecule has 0 aromatic rings. The van der Waals surface area contributed by atoms with Crippen LogP contribution < -0.4 is 0 Å². The van der Waals surface area contributed by atoms with Gasteiger partial charge in [0.1, 0.15) is 11.7 Å². The summed E-state index contributed by atoms with van der Waals surface area (Å²) in [6, 6.07) is 0. The number of aliphatic hydroxyl groups is 2. The Hall–Kier alpha value is -0.890. The fraction of sp³-hybridized carbons (Fsp3) is 0.947. The molecule has 26 heavy (non-hydrogen) atoms. The molecular formula is C19H36N2O5. The number of morpholine rings is 1. The minimum Gasteiger partial charge on any atom is -0.444 e. The summed E-state index contributed by atoms with van der Waals surface area (Å²) in [4.78, 5) is 16.3. The second kappa shape index (κ2) is 7.62. The normalized spacial score (nSPS) is 26.0. The highest BCUT2D eigenvalue weighted by Gasteiger charge is 2.47. The van der Waals surface area contributed by atoms with Crippen LogP contribution in [-0.2, 0) is 9.47 Å². The molecule has 2 rings (SSSR count). The highest BCUT2D eigenvalue weighted by atomic mass is 16.6. The molecule has 0 aromatic heterocycles. The molecule has 1 amide bonds. The van der Waals surface area contributed by atoms with Crippen LogP contribution in [-0.4, -0.2) is 87.8 Å². The van der Waals surface area contributed by atoms with Gasteiger partial charge in [0.2, 0.25) is 0 Å². The van der Waals surface area contributed by atoms with Crippen LogP contribution in [0.5, 0.6) is 0 Å². The van der Waals surface area contributed by atoms with E-state index in [0.717, 1.165) is 6.54 Å². The van der Waals surface area contributed by atoms with Crippen molar-refractivity contribution in [1.29, 1.82) is 0 Å². The van der Waals surface area contributed by atoms with Crippen LogP contribution in [0.15, 0.2) is 0 Å². The first-order valence-electron chi connectivity index (χ1n) is 9.55. The van der Waals surface area contributed by atoms with Gasteiger partial charge in [-0.25, -0.2) is 4.79 Å². The lowest BCUT2D eigenvalue weighted by Crippen LogP contribution is -2.65. The van der Waals surface area contributed by atoms with E-state index in [9.17, 15) is 15.0 Å². The van der Waals surface area contributed by atoms with Gasteiger partial charge in [-0.1, -0.05) is 0 Å². The summed E-state index contributed by atoms with van der Waals surface area (Å²) in [6.45, 7) is 14.2. The summed E-state index contributed by atoms with van der Waals surface area (Å²) in [6.07, 6.45) is -0.245. The van der Waals surface area contributed by atoms with Gasteiger partial charge in [-0.15, -0.1) is 0 Å². The van der Waals surface area contributed by atoms with E-state index in [1.165, 1.54) is 0 Å². The van der Waals surface area contributed by atoms with E-state index >= 15 is 0 Å². The van der Waals surface area contributed by atoms with Gasteiger partial charge in [0.25, 0.3) is 0 Å². The SMILES string of the molecule is CC(C)(C)OC(=O)N1CCC2(CC1)CN(C(C)(C)C)CC(C(O)CO)O2.